The van der Waals surface area contributed by atoms with E-state index in [-0.39, 0.29) is 24.3 Å². The summed E-state index contributed by atoms with van der Waals surface area (Å²) in [7, 11) is 0. The van der Waals surface area contributed by atoms with Crippen molar-refractivity contribution < 1.29 is 0 Å². The van der Waals surface area contributed by atoms with Crippen LogP contribution in [0.15, 0.2) is 176 Å². The minimum atomic E-state index is -0.170. The van der Waals surface area contributed by atoms with Crippen LogP contribution >= 0.6 is 0 Å². The van der Waals surface area contributed by atoms with Crippen LogP contribution in [0.5, 0.6) is 0 Å². The van der Waals surface area contributed by atoms with Gasteiger partial charge in [-0.05, 0) is 172 Å². The Morgan fingerprint density at radius 2 is 0.730 bits per heavy atom. The fourth-order valence-electron chi connectivity index (χ4n) is 18.3. The molecule has 11 aromatic rings. The number of fused-ring (bicyclic) bond motifs is 7. The molecular formula is C86H87B2N. The number of unbranched alkanes of at least 4 members (excludes halogenated alkanes) is 10. The van der Waals surface area contributed by atoms with Crippen molar-refractivity contribution in [1.29, 1.82) is 0 Å². The summed E-state index contributed by atoms with van der Waals surface area (Å²) in [5, 5.41) is 2.70. The lowest BCUT2D eigenvalue weighted by molar-refractivity contribution is 0.398. The highest BCUT2D eigenvalue weighted by Crippen LogP contribution is 2.56. The van der Waals surface area contributed by atoms with Crippen LogP contribution in [-0.2, 0) is 10.8 Å². The van der Waals surface area contributed by atoms with Gasteiger partial charge in [-0.1, -0.05) is 307 Å². The van der Waals surface area contributed by atoms with Crippen LogP contribution < -0.4 is 32.8 Å². The highest BCUT2D eigenvalue weighted by Gasteiger charge is 2.45. The SMILES string of the molecule is CCCCCCCCC1(CCCCCCCC)c2ccccc2-c2ccc(-c3ccc4c(c3)C(C)(C)c3cc(-c5ccc(-c6cc7c8c(c6)B(c6c(C)cc(C)cc6C)c6cccc9c%10cccc(c%10n-8c69)B7c6c(C)cc(C)cc6C)cc5)ccc3-4)cc21. The van der Waals surface area contributed by atoms with E-state index in [1.807, 2.05) is 0 Å². The molecule has 0 N–H and O–H groups in total. The topological polar surface area (TPSA) is 4.93 Å². The minimum absolute atomic E-state index is 0.0598. The third-order valence-electron chi connectivity index (χ3n) is 22.3. The van der Waals surface area contributed by atoms with Crippen LogP contribution in [0.3, 0.4) is 0 Å². The van der Waals surface area contributed by atoms with Gasteiger partial charge in [-0.2, -0.15) is 0 Å². The molecule has 0 fully saturated rings. The smallest absolute Gasteiger partial charge is 0.247 e. The van der Waals surface area contributed by atoms with Crippen molar-refractivity contribution in [1.82, 2.24) is 4.57 Å². The maximum Gasteiger partial charge on any atom is 0.247 e. The number of aromatic nitrogens is 1. The van der Waals surface area contributed by atoms with Crippen molar-refractivity contribution in [2.45, 2.75) is 170 Å². The normalized spacial score (nSPS) is 14.3. The largest absolute Gasteiger partial charge is 0.311 e. The first-order chi connectivity index (χ1) is 43.3. The zero-order chi connectivity index (χ0) is 61.0. The molecular weight excluding hydrogens is 1070 g/mol. The lowest BCUT2D eigenvalue weighted by atomic mass is 9.30. The van der Waals surface area contributed by atoms with Crippen LogP contribution in [0.4, 0.5) is 0 Å². The molecule has 0 saturated carbocycles. The Morgan fingerprint density at radius 1 is 0.337 bits per heavy atom. The Balaban J connectivity index is 0.789. The minimum Gasteiger partial charge on any atom is -0.311 e. The average Bonchev–Trinajstić information content (AvgIpc) is 1.62. The van der Waals surface area contributed by atoms with Gasteiger partial charge in [-0.25, -0.2) is 0 Å². The second kappa shape index (κ2) is 22.6. The van der Waals surface area contributed by atoms with E-state index in [0.717, 1.165) is 0 Å². The van der Waals surface area contributed by atoms with Crippen molar-refractivity contribution in [3.8, 4) is 61.3 Å². The van der Waals surface area contributed by atoms with Gasteiger partial charge in [0.15, 0.2) is 0 Å². The summed E-state index contributed by atoms with van der Waals surface area (Å²) in [5.74, 6) is 0. The summed E-state index contributed by atoms with van der Waals surface area (Å²) in [6.45, 7) is 23.6. The number of aryl methyl sites for hydroxylation is 6. The van der Waals surface area contributed by atoms with Gasteiger partial charge in [0.05, 0.1) is 0 Å². The van der Waals surface area contributed by atoms with E-state index in [1.165, 1.54) is 250 Å². The first kappa shape index (κ1) is 57.6. The molecule has 0 amide bonds. The highest BCUT2D eigenvalue weighted by molar-refractivity contribution is 7.02. The summed E-state index contributed by atoms with van der Waals surface area (Å²) >= 11 is 0. The van der Waals surface area contributed by atoms with Crippen molar-refractivity contribution in [2.24, 2.45) is 0 Å². The Kier molecular flexibility index (Phi) is 14.6. The Morgan fingerprint density at radius 3 is 1.21 bits per heavy atom. The Labute approximate surface area is 532 Å². The number of nitrogens with zero attached hydrogens (tertiary/aromatic N) is 1. The molecule has 442 valence electrons. The van der Waals surface area contributed by atoms with Gasteiger partial charge >= 0.3 is 0 Å². The lowest BCUT2D eigenvalue weighted by Crippen LogP contribution is -2.64. The predicted octanol–water partition coefficient (Wildman–Crippen LogP) is 19.4. The molecule has 2 aliphatic heterocycles. The molecule has 0 saturated heterocycles. The molecule has 89 heavy (non-hydrogen) atoms. The Hall–Kier alpha value is -7.87. The van der Waals surface area contributed by atoms with Crippen LogP contribution in [0.2, 0.25) is 0 Å². The number of para-hydroxylation sites is 2. The molecule has 0 unspecified atom stereocenters. The monoisotopic (exact) mass is 1160 g/mol. The third kappa shape index (κ3) is 9.24. The molecule has 10 aromatic carbocycles. The maximum atomic E-state index is 2.69. The third-order valence-corrected chi connectivity index (χ3v) is 22.3. The van der Waals surface area contributed by atoms with E-state index in [9.17, 15) is 0 Å². The lowest BCUT2D eigenvalue weighted by Gasteiger charge is -2.36. The first-order valence-electron chi connectivity index (χ1n) is 34.3. The van der Waals surface area contributed by atoms with Crippen molar-refractivity contribution in [3.05, 3.63) is 232 Å². The van der Waals surface area contributed by atoms with E-state index in [1.54, 1.807) is 11.1 Å². The second-order valence-corrected chi connectivity index (χ2v) is 28.5. The molecule has 15 rings (SSSR count). The molecule has 0 spiro atoms. The summed E-state index contributed by atoms with van der Waals surface area (Å²) in [4.78, 5) is 0. The molecule has 0 atom stereocenters. The molecule has 0 radical (unpaired) electrons. The van der Waals surface area contributed by atoms with Gasteiger partial charge in [0, 0.05) is 38.3 Å². The first-order valence-corrected chi connectivity index (χ1v) is 34.3. The zero-order valence-electron chi connectivity index (χ0n) is 54.7. The average molecular weight is 1160 g/mol. The van der Waals surface area contributed by atoms with E-state index in [0.29, 0.717) is 0 Å². The van der Waals surface area contributed by atoms with Crippen molar-refractivity contribution in [3.63, 3.8) is 0 Å². The van der Waals surface area contributed by atoms with E-state index >= 15 is 0 Å². The molecule has 3 heterocycles. The number of benzene rings is 10. The predicted molar refractivity (Wildman–Crippen MR) is 387 cm³/mol. The van der Waals surface area contributed by atoms with Gasteiger partial charge in [-0.3, -0.25) is 0 Å². The maximum absolute atomic E-state index is 2.69. The number of rotatable bonds is 19. The van der Waals surface area contributed by atoms with Gasteiger partial charge in [0.1, 0.15) is 0 Å². The number of hydrogen-bond donors (Lipinski definition) is 0. The quantitative estimate of drug-likeness (QED) is 0.0562. The van der Waals surface area contributed by atoms with E-state index < -0.39 is 0 Å². The van der Waals surface area contributed by atoms with E-state index in [4.69, 9.17) is 0 Å². The highest BCUT2D eigenvalue weighted by atomic mass is 15.0. The fraction of sp³-hybridized carbons (Fsp3) is 0.302. The summed E-state index contributed by atoms with van der Waals surface area (Å²) < 4.78 is 2.69. The van der Waals surface area contributed by atoms with E-state index in [2.05, 4.69) is 250 Å². The fourth-order valence-corrected chi connectivity index (χ4v) is 18.3. The van der Waals surface area contributed by atoms with Crippen molar-refractivity contribution in [2.75, 3.05) is 0 Å². The van der Waals surface area contributed by atoms with Gasteiger partial charge in [-0.15, -0.1) is 0 Å². The van der Waals surface area contributed by atoms with Crippen LogP contribution in [0.1, 0.15) is 173 Å². The molecule has 3 heteroatoms. The molecule has 4 aliphatic rings. The number of hydrogen-bond acceptors (Lipinski definition) is 0. The molecule has 0 bridgehead atoms. The molecule has 2 aliphatic carbocycles. The van der Waals surface area contributed by atoms with Crippen LogP contribution in [0, 0.1) is 41.5 Å². The molecule has 1 aromatic heterocycles. The van der Waals surface area contributed by atoms with Gasteiger partial charge in [0.2, 0.25) is 13.4 Å². The van der Waals surface area contributed by atoms with Crippen LogP contribution in [0.25, 0.3) is 83.1 Å². The second-order valence-electron chi connectivity index (χ2n) is 28.5. The summed E-state index contributed by atoms with van der Waals surface area (Å²) in [5.41, 5.74) is 40.0. The van der Waals surface area contributed by atoms with Crippen LogP contribution in [-0.4, -0.2) is 18.0 Å². The summed E-state index contributed by atoms with van der Waals surface area (Å²) in [6, 6.07) is 70.4. The van der Waals surface area contributed by atoms with Gasteiger partial charge in [0.25, 0.3) is 0 Å². The zero-order valence-corrected chi connectivity index (χ0v) is 54.7. The van der Waals surface area contributed by atoms with Gasteiger partial charge < -0.3 is 4.57 Å². The van der Waals surface area contributed by atoms with Crippen molar-refractivity contribution >= 4 is 68.0 Å². The Bertz CT molecular complexity index is 4430. The molecule has 1 nitrogen and oxygen atoms in total. The standard InChI is InChI=1S/C86H87B2N/c1-11-13-15-17-19-23-43-86(44-24-20-18-16-14-12-2)72-30-22-21-27-66(72)69-42-39-64(51-75(69)86)63-38-41-68-67-40-37-62(49-73(67)85(9,10)74(68)50-63)60-33-35-61(36-34-60)65-52-78-84-79(53-65)88(81-58(7)47-55(4)48-59(81)8)77-32-26-29-71-70-28-25-31-76(82(70)89(84)83(71)77)87(78)80-56(5)45-54(3)46-57(80)6/h21-22,25-42,45-53H,11-20,23-24,43-44H2,1-10H3. The summed E-state index contributed by atoms with van der Waals surface area (Å²) in [6.07, 6.45) is 18.4.